The maximum absolute atomic E-state index is 11.8. The molecule has 0 fully saturated rings. The standard InChI is InChI=1S/C23H30N2O5/c1-2-3-4-5-15-29-22(27)24-20-10-6-18(7-11-20)17-19-8-12-21(13-9-19)25-23(28)30-16-14-26/h6-13,26H,2-5,14-17H2,1H3,(H,24,27)(H,25,28). The van der Waals surface area contributed by atoms with E-state index in [1.165, 1.54) is 0 Å². The summed E-state index contributed by atoms with van der Waals surface area (Å²) in [5.74, 6) is 0. The molecule has 2 amide bonds. The van der Waals surface area contributed by atoms with Gasteiger partial charge in [0.15, 0.2) is 0 Å². The number of ether oxygens (including phenoxy) is 2. The lowest BCUT2D eigenvalue weighted by molar-refractivity contribution is 0.131. The summed E-state index contributed by atoms with van der Waals surface area (Å²) in [6, 6.07) is 15.0. The second-order valence-electron chi connectivity index (χ2n) is 6.88. The van der Waals surface area contributed by atoms with E-state index in [-0.39, 0.29) is 13.2 Å². The van der Waals surface area contributed by atoms with E-state index in [2.05, 4.69) is 17.6 Å². The van der Waals surface area contributed by atoms with Crippen LogP contribution in [-0.4, -0.2) is 37.1 Å². The largest absolute Gasteiger partial charge is 0.449 e. The van der Waals surface area contributed by atoms with E-state index in [0.717, 1.165) is 43.2 Å². The van der Waals surface area contributed by atoms with Gasteiger partial charge in [-0.2, -0.15) is 0 Å². The Morgan fingerprint density at radius 3 is 1.73 bits per heavy atom. The Morgan fingerprint density at radius 2 is 1.27 bits per heavy atom. The highest BCUT2D eigenvalue weighted by Crippen LogP contribution is 2.16. The van der Waals surface area contributed by atoms with Crippen molar-refractivity contribution < 1.29 is 24.2 Å². The molecule has 0 radical (unpaired) electrons. The van der Waals surface area contributed by atoms with Crippen molar-refractivity contribution in [1.82, 2.24) is 0 Å². The zero-order valence-electron chi connectivity index (χ0n) is 17.4. The van der Waals surface area contributed by atoms with Crippen molar-refractivity contribution in [2.45, 2.75) is 39.0 Å². The quantitative estimate of drug-likeness (QED) is 0.452. The highest BCUT2D eigenvalue weighted by molar-refractivity contribution is 5.85. The maximum atomic E-state index is 11.8. The van der Waals surface area contributed by atoms with Crippen molar-refractivity contribution in [1.29, 1.82) is 0 Å². The predicted octanol–water partition coefficient (Wildman–Crippen LogP) is 4.95. The Balaban J connectivity index is 1.77. The molecule has 0 aromatic heterocycles. The molecule has 0 bridgehead atoms. The maximum Gasteiger partial charge on any atom is 0.411 e. The van der Waals surface area contributed by atoms with Gasteiger partial charge in [-0.25, -0.2) is 9.59 Å². The fraction of sp³-hybridized carbons (Fsp3) is 0.391. The van der Waals surface area contributed by atoms with Crippen LogP contribution in [0.2, 0.25) is 0 Å². The number of hydrogen-bond donors (Lipinski definition) is 3. The van der Waals surface area contributed by atoms with Crippen LogP contribution in [-0.2, 0) is 15.9 Å². The first-order valence-electron chi connectivity index (χ1n) is 10.3. The van der Waals surface area contributed by atoms with Crippen LogP contribution in [0.3, 0.4) is 0 Å². The number of carbonyl (C=O) groups excluding carboxylic acids is 2. The minimum Gasteiger partial charge on any atom is -0.449 e. The van der Waals surface area contributed by atoms with Crippen LogP contribution < -0.4 is 10.6 Å². The van der Waals surface area contributed by atoms with Crippen molar-refractivity contribution >= 4 is 23.6 Å². The molecule has 0 saturated carbocycles. The number of carbonyl (C=O) groups is 2. The van der Waals surface area contributed by atoms with Crippen molar-refractivity contribution in [3.8, 4) is 0 Å². The van der Waals surface area contributed by atoms with Gasteiger partial charge in [0, 0.05) is 11.4 Å². The molecule has 0 saturated heterocycles. The monoisotopic (exact) mass is 414 g/mol. The molecule has 162 valence electrons. The molecule has 7 nitrogen and oxygen atoms in total. The van der Waals surface area contributed by atoms with Crippen LogP contribution in [0, 0.1) is 0 Å². The number of anilines is 2. The second kappa shape index (κ2) is 13.2. The van der Waals surface area contributed by atoms with Gasteiger partial charge in [0.25, 0.3) is 0 Å². The molecule has 0 spiro atoms. The normalized spacial score (nSPS) is 10.3. The van der Waals surface area contributed by atoms with E-state index in [4.69, 9.17) is 14.6 Å². The van der Waals surface area contributed by atoms with Gasteiger partial charge < -0.3 is 14.6 Å². The van der Waals surface area contributed by atoms with Crippen LogP contribution in [0.25, 0.3) is 0 Å². The number of unbranched alkanes of at least 4 members (excludes halogenated alkanes) is 3. The van der Waals surface area contributed by atoms with Crippen molar-refractivity contribution in [3.05, 3.63) is 59.7 Å². The molecule has 2 aromatic rings. The molecular formula is C23H30N2O5. The van der Waals surface area contributed by atoms with Gasteiger partial charge in [-0.1, -0.05) is 50.5 Å². The van der Waals surface area contributed by atoms with Gasteiger partial charge in [-0.15, -0.1) is 0 Å². The minimum atomic E-state index is -0.598. The molecule has 0 aliphatic rings. The lowest BCUT2D eigenvalue weighted by atomic mass is 10.0. The summed E-state index contributed by atoms with van der Waals surface area (Å²) >= 11 is 0. The number of amides is 2. The summed E-state index contributed by atoms with van der Waals surface area (Å²) in [6.45, 7) is 2.34. The van der Waals surface area contributed by atoms with Crippen LogP contribution in [0.5, 0.6) is 0 Å². The average Bonchev–Trinajstić information content (AvgIpc) is 2.75. The third-order valence-corrected chi connectivity index (χ3v) is 4.36. The van der Waals surface area contributed by atoms with Gasteiger partial charge in [-0.3, -0.25) is 10.6 Å². The fourth-order valence-corrected chi connectivity index (χ4v) is 2.79. The van der Waals surface area contributed by atoms with Crippen LogP contribution in [0.4, 0.5) is 21.0 Å². The number of aliphatic hydroxyl groups excluding tert-OH is 1. The van der Waals surface area contributed by atoms with Crippen LogP contribution >= 0.6 is 0 Å². The number of rotatable bonds is 11. The van der Waals surface area contributed by atoms with E-state index in [1.807, 2.05) is 36.4 Å². The van der Waals surface area contributed by atoms with Crippen LogP contribution in [0.1, 0.15) is 43.7 Å². The molecule has 0 unspecified atom stereocenters. The molecule has 2 aromatic carbocycles. The van der Waals surface area contributed by atoms with E-state index >= 15 is 0 Å². The minimum absolute atomic E-state index is 0.0363. The molecule has 0 heterocycles. The van der Waals surface area contributed by atoms with Crippen LogP contribution in [0.15, 0.2) is 48.5 Å². The van der Waals surface area contributed by atoms with E-state index in [0.29, 0.717) is 18.0 Å². The van der Waals surface area contributed by atoms with Gasteiger partial charge in [0.05, 0.1) is 13.2 Å². The summed E-state index contributed by atoms with van der Waals surface area (Å²) in [6.07, 6.45) is 3.96. The van der Waals surface area contributed by atoms with Gasteiger partial charge in [0.2, 0.25) is 0 Å². The van der Waals surface area contributed by atoms with Crippen molar-refractivity contribution in [2.24, 2.45) is 0 Å². The lowest BCUT2D eigenvalue weighted by Crippen LogP contribution is -2.15. The first kappa shape index (κ1) is 23.2. The van der Waals surface area contributed by atoms with Gasteiger partial charge in [0.1, 0.15) is 6.61 Å². The summed E-state index contributed by atoms with van der Waals surface area (Å²) < 4.78 is 9.94. The fourth-order valence-electron chi connectivity index (χ4n) is 2.79. The molecule has 0 aliphatic carbocycles. The average molecular weight is 415 g/mol. The molecule has 3 N–H and O–H groups in total. The first-order chi connectivity index (χ1) is 14.6. The van der Waals surface area contributed by atoms with E-state index in [9.17, 15) is 9.59 Å². The predicted molar refractivity (Wildman–Crippen MR) is 117 cm³/mol. The third-order valence-electron chi connectivity index (χ3n) is 4.36. The Bertz CT molecular complexity index is 775. The molecule has 0 atom stereocenters. The Labute approximate surface area is 177 Å². The SMILES string of the molecule is CCCCCCOC(=O)Nc1ccc(Cc2ccc(NC(=O)OCCO)cc2)cc1. The third kappa shape index (κ3) is 8.96. The van der Waals surface area contributed by atoms with E-state index in [1.54, 1.807) is 12.1 Å². The Kier molecular flexibility index (Phi) is 10.2. The van der Waals surface area contributed by atoms with Crippen molar-refractivity contribution in [2.75, 3.05) is 30.5 Å². The lowest BCUT2D eigenvalue weighted by Gasteiger charge is -2.09. The van der Waals surface area contributed by atoms with Gasteiger partial charge in [-0.05, 0) is 48.2 Å². The smallest absolute Gasteiger partial charge is 0.411 e. The Hall–Kier alpha value is -3.06. The molecule has 2 rings (SSSR count). The number of hydrogen-bond acceptors (Lipinski definition) is 5. The topological polar surface area (TPSA) is 96.9 Å². The van der Waals surface area contributed by atoms with Gasteiger partial charge >= 0.3 is 12.2 Å². The number of benzene rings is 2. The highest BCUT2D eigenvalue weighted by Gasteiger charge is 2.05. The van der Waals surface area contributed by atoms with Crippen molar-refractivity contribution in [3.63, 3.8) is 0 Å². The highest BCUT2D eigenvalue weighted by atomic mass is 16.6. The number of nitrogens with one attached hydrogen (secondary N) is 2. The zero-order chi connectivity index (χ0) is 21.6. The summed E-state index contributed by atoms with van der Waals surface area (Å²) in [4.78, 5) is 23.3. The number of aliphatic hydroxyl groups is 1. The summed E-state index contributed by atoms with van der Waals surface area (Å²) in [7, 11) is 0. The molecular weight excluding hydrogens is 384 g/mol. The summed E-state index contributed by atoms with van der Waals surface area (Å²) in [5, 5.41) is 14.0. The summed E-state index contributed by atoms with van der Waals surface area (Å²) in [5.41, 5.74) is 3.49. The second-order valence-corrected chi connectivity index (χ2v) is 6.88. The molecule has 30 heavy (non-hydrogen) atoms. The first-order valence-corrected chi connectivity index (χ1v) is 10.3. The molecule has 0 aliphatic heterocycles. The zero-order valence-corrected chi connectivity index (χ0v) is 17.4. The Morgan fingerprint density at radius 1 is 0.767 bits per heavy atom. The molecule has 7 heteroatoms. The van der Waals surface area contributed by atoms with E-state index < -0.39 is 12.2 Å².